The van der Waals surface area contributed by atoms with Crippen LogP contribution in [0.25, 0.3) is 0 Å². The first-order chi connectivity index (χ1) is 9.11. The van der Waals surface area contributed by atoms with Gasteiger partial charge in [-0.05, 0) is 25.2 Å². The molecule has 3 nitrogen and oxygen atoms in total. The lowest BCUT2D eigenvalue weighted by Crippen LogP contribution is -2.38. The van der Waals surface area contributed by atoms with Crippen molar-refractivity contribution in [3.05, 3.63) is 35.9 Å². The van der Waals surface area contributed by atoms with Crippen LogP contribution in [0.4, 0.5) is 0 Å². The van der Waals surface area contributed by atoms with Crippen LogP contribution >= 0.6 is 11.8 Å². The van der Waals surface area contributed by atoms with Gasteiger partial charge in [0.05, 0.1) is 12.2 Å². The van der Waals surface area contributed by atoms with E-state index in [2.05, 4.69) is 37.6 Å². The number of nitrogens with one attached hydrogen (secondary N) is 1. The Kier molecular flexibility index (Phi) is 4.88. The Labute approximate surface area is 119 Å². The molecule has 3 atom stereocenters. The molecule has 1 aromatic rings. The van der Waals surface area contributed by atoms with E-state index in [1.54, 1.807) is 11.8 Å². The molecule has 1 N–H and O–H groups in total. The Bertz CT molecular complexity index is 423. The second-order valence-corrected chi connectivity index (χ2v) is 6.40. The van der Waals surface area contributed by atoms with Crippen molar-refractivity contribution in [1.82, 2.24) is 10.2 Å². The van der Waals surface area contributed by atoms with E-state index in [4.69, 9.17) is 0 Å². The molecule has 1 aliphatic rings. The second-order valence-electron chi connectivity index (χ2n) is 5.12. The summed E-state index contributed by atoms with van der Waals surface area (Å²) in [5.74, 6) is 0.234. The van der Waals surface area contributed by atoms with Crippen molar-refractivity contribution in [2.75, 3.05) is 12.8 Å². The molecular weight excluding hydrogens is 256 g/mol. The average molecular weight is 278 g/mol. The first-order valence-electron chi connectivity index (χ1n) is 6.75. The van der Waals surface area contributed by atoms with Gasteiger partial charge in [0.15, 0.2) is 0 Å². The predicted molar refractivity (Wildman–Crippen MR) is 81.2 cm³/mol. The molecule has 0 spiro atoms. The molecule has 1 aromatic carbocycles. The fourth-order valence-electron chi connectivity index (χ4n) is 2.44. The highest BCUT2D eigenvalue weighted by Gasteiger charge is 2.36. The van der Waals surface area contributed by atoms with Crippen molar-refractivity contribution in [1.29, 1.82) is 0 Å². The smallest absolute Gasteiger partial charge is 0.241 e. The topological polar surface area (TPSA) is 32.3 Å². The van der Waals surface area contributed by atoms with Crippen molar-refractivity contribution < 1.29 is 4.79 Å². The lowest BCUT2D eigenvalue weighted by Gasteiger charge is -2.23. The summed E-state index contributed by atoms with van der Waals surface area (Å²) < 4.78 is 0. The zero-order valence-electron chi connectivity index (χ0n) is 11.8. The highest BCUT2D eigenvalue weighted by atomic mass is 32.2. The number of carbonyl (C=O) groups excluding carboxylic acids is 1. The molecule has 1 saturated heterocycles. The molecule has 0 saturated carbocycles. The molecule has 1 aliphatic heterocycles. The van der Waals surface area contributed by atoms with Crippen LogP contribution in [-0.2, 0) is 11.2 Å². The summed E-state index contributed by atoms with van der Waals surface area (Å²) in [4.78, 5) is 14.4. The molecule has 0 radical (unpaired) electrons. The maximum absolute atomic E-state index is 12.4. The number of benzene rings is 1. The number of amides is 1. The number of hydrogen-bond acceptors (Lipinski definition) is 3. The number of nitrogens with zero attached hydrogens (tertiary/aromatic N) is 1. The molecule has 0 aliphatic carbocycles. The summed E-state index contributed by atoms with van der Waals surface area (Å²) in [6, 6.07) is 10.1. The van der Waals surface area contributed by atoms with Gasteiger partial charge in [-0.25, -0.2) is 0 Å². The van der Waals surface area contributed by atoms with E-state index in [9.17, 15) is 4.79 Å². The van der Waals surface area contributed by atoms with Gasteiger partial charge >= 0.3 is 0 Å². The number of carbonyl (C=O) groups is 1. The highest BCUT2D eigenvalue weighted by Crippen LogP contribution is 2.17. The summed E-state index contributed by atoms with van der Waals surface area (Å²) in [7, 11) is 0. The molecule has 4 heteroatoms. The fourth-order valence-corrected chi connectivity index (χ4v) is 2.75. The van der Waals surface area contributed by atoms with Crippen LogP contribution < -0.4 is 5.32 Å². The van der Waals surface area contributed by atoms with Gasteiger partial charge in [-0.2, -0.15) is 11.8 Å². The van der Waals surface area contributed by atoms with Crippen LogP contribution in [0.1, 0.15) is 19.4 Å². The average Bonchev–Trinajstić information content (AvgIpc) is 2.67. The van der Waals surface area contributed by atoms with Crippen LogP contribution in [0.3, 0.4) is 0 Å². The quantitative estimate of drug-likeness (QED) is 0.895. The SMILES string of the molecule is CSC(C)CN1C(=O)C(Cc2ccccc2)NC1C. The zero-order chi connectivity index (χ0) is 13.8. The zero-order valence-corrected chi connectivity index (χ0v) is 12.6. The van der Waals surface area contributed by atoms with E-state index in [0.717, 1.165) is 13.0 Å². The first-order valence-corrected chi connectivity index (χ1v) is 8.04. The van der Waals surface area contributed by atoms with Crippen molar-refractivity contribution in [3.8, 4) is 0 Å². The molecule has 3 unspecified atom stereocenters. The Morgan fingerprint density at radius 2 is 2.05 bits per heavy atom. The van der Waals surface area contributed by atoms with E-state index < -0.39 is 0 Å². The summed E-state index contributed by atoms with van der Waals surface area (Å²) in [5, 5.41) is 3.87. The lowest BCUT2D eigenvalue weighted by atomic mass is 10.1. The molecule has 104 valence electrons. The Morgan fingerprint density at radius 1 is 1.37 bits per heavy atom. The predicted octanol–water partition coefficient (Wildman–Crippen LogP) is 2.13. The van der Waals surface area contributed by atoms with Crippen molar-refractivity contribution in [2.45, 2.75) is 37.7 Å². The minimum absolute atomic E-state index is 0.0774. The van der Waals surface area contributed by atoms with Crippen LogP contribution in [0.2, 0.25) is 0 Å². The van der Waals surface area contributed by atoms with E-state index in [1.165, 1.54) is 5.56 Å². The summed E-state index contributed by atoms with van der Waals surface area (Å²) in [5.41, 5.74) is 1.21. The normalized spacial score (nSPS) is 24.8. The van der Waals surface area contributed by atoms with Gasteiger partial charge in [-0.3, -0.25) is 10.1 Å². The Hall–Kier alpha value is -1.00. The van der Waals surface area contributed by atoms with Gasteiger partial charge in [0.25, 0.3) is 0 Å². The van der Waals surface area contributed by atoms with E-state index in [0.29, 0.717) is 5.25 Å². The third-order valence-electron chi connectivity index (χ3n) is 3.63. The molecule has 1 fully saturated rings. The van der Waals surface area contributed by atoms with Gasteiger partial charge < -0.3 is 4.90 Å². The van der Waals surface area contributed by atoms with Crippen LogP contribution in [0.15, 0.2) is 30.3 Å². The monoisotopic (exact) mass is 278 g/mol. The van der Waals surface area contributed by atoms with E-state index in [1.807, 2.05) is 23.1 Å². The maximum atomic E-state index is 12.4. The van der Waals surface area contributed by atoms with E-state index in [-0.39, 0.29) is 18.1 Å². The first kappa shape index (κ1) is 14.4. The molecule has 19 heavy (non-hydrogen) atoms. The van der Waals surface area contributed by atoms with E-state index >= 15 is 0 Å². The number of rotatable bonds is 5. The third-order valence-corrected chi connectivity index (χ3v) is 4.58. The largest absolute Gasteiger partial charge is 0.325 e. The molecule has 0 bridgehead atoms. The lowest BCUT2D eigenvalue weighted by molar-refractivity contribution is -0.129. The fraction of sp³-hybridized carbons (Fsp3) is 0.533. The second kappa shape index (κ2) is 6.44. The van der Waals surface area contributed by atoms with Gasteiger partial charge in [0.2, 0.25) is 5.91 Å². The van der Waals surface area contributed by atoms with Crippen molar-refractivity contribution >= 4 is 17.7 Å². The molecule has 2 rings (SSSR count). The Morgan fingerprint density at radius 3 is 2.68 bits per heavy atom. The van der Waals surface area contributed by atoms with Crippen LogP contribution in [0.5, 0.6) is 0 Å². The maximum Gasteiger partial charge on any atom is 0.241 e. The number of thioether (sulfide) groups is 1. The van der Waals surface area contributed by atoms with Gasteiger partial charge in [0, 0.05) is 11.8 Å². The molecule has 0 aromatic heterocycles. The van der Waals surface area contributed by atoms with Crippen molar-refractivity contribution in [2.24, 2.45) is 0 Å². The number of hydrogen-bond donors (Lipinski definition) is 1. The third kappa shape index (κ3) is 3.51. The Balaban J connectivity index is 1.99. The molecule has 1 heterocycles. The summed E-state index contributed by atoms with van der Waals surface area (Å²) in [6.45, 7) is 5.05. The molecule has 1 amide bonds. The van der Waals surface area contributed by atoms with Gasteiger partial charge in [-0.1, -0.05) is 37.3 Å². The highest BCUT2D eigenvalue weighted by molar-refractivity contribution is 7.99. The summed E-state index contributed by atoms with van der Waals surface area (Å²) in [6.07, 6.45) is 3.00. The summed E-state index contributed by atoms with van der Waals surface area (Å²) >= 11 is 1.80. The minimum atomic E-state index is -0.0774. The van der Waals surface area contributed by atoms with Gasteiger partial charge in [0.1, 0.15) is 0 Å². The minimum Gasteiger partial charge on any atom is -0.325 e. The van der Waals surface area contributed by atoms with Crippen LogP contribution in [0, 0.1) is 0 Å². The standard InChI is InChI=1S/C15H22N2OS/c1-11(19-3)10-17-12(2)16-14(15(17)18)9-13-7-5-4-6-8-13/h4-8,11-12,14,16H,9-10H2,1-3H3. The molecular formula is C15H22N2OS. The van der Waals surface area contributed by atoms with Crippen molar-refractivity contribution in [3.63, 3.8) is 0 Å². The van der Waals surface area contributed by atoms with Gasteiger partial charge in [-0.15, -0.1) is 0 Å². The van der Waals surface area contributed by atoms with Crippen LogP contribution in [-0.4, -0.2) is 41.1 Å².